The van der Waals surface area contributed by atoms with Crippen molar-refractivity contribution >= 4 is 23.3 Å². The second-order valence-corrected chi connectivity index (χ2v) is 6.94. The second-order valence-electron chi connectivity index (χ2n) is 5.95. The second kappa shape index (κ2) is 8.36. The predicted octanol–water partition coefficient (Wildman–Crippen LogP) is 2.40. The zero-order valence-corrected chi connectivity index (χ0v) is 14.8. The first kappa shape index (κ1) is 17.8. The molecule has 0 saturated heterocycles. The van der Waals surface area contributed by atoms with Gasteiger partial charge in [0.25, 0.3) is 0 Å². The summed E-state index contributed by atoms with van der Waals surface area (Å²) in [6, 6.07) is 4.03. The van der Waals surface area contributed by atoms with Gasteiger partial charge in [-0.1, -0.05) is 26.3 Å². The molecule has 2 atom stereocenters. The van der Waals surface area contributed by atoms with Gasteiger partial charge in [0, 0.05) is 24.7 Å². The number of carbonyl (C=O) groups is 1. The number of nitrogens with zero attached hydrogens (tertiary/aromatic N) is 2. The van der Waals surface area contributed by atoms with Crippen molar-refractivity contribution in [3.8, 4) is 0 Å². The maximum atomic E-state index is 11.8. The molecule has 6 heteroatoms. The van der Waals surface area contributed by atoms with Crippen LogP contribution in [-0.4, -0.2) is 38.8 Å². The molecular weight excluding hydrogens is 310 g/mol. The van der Waals surface area contributed by atoms with Crippen molar-refractivity contribution < 1.29 is 9.90 Å². The van der Waals surface area contributed by atoms with Gasteiger partial charge in [-0.25, -0.2) is 4.98 Å². The summed E-state index contributed by atoms with van der Waals surface area (Å²) in [5, 5.41) is 12.6. The maximum Gasteiger partial charge on any atom is 0.230 e. The smallest absolute Gasteiger partial charge is 0.230 e. The van der Waals surface area contributed by atoms with Gasteiger partial charge in [0.05, 0.1) is 17.6 Å². The highest BCUT2D eigenvalue weighted by molar-refractivity contribution is 7.99. The minimum Gasteiger partial charge on any atom is -0.391 e. The van der Waals surface area contributed by atoms with Crippen molar-refractivity contribution in [2.24, 2.45) is 5.92 Å². The average Bonchev–Trinajstić information content (AvgIpc) is 2.93. The van der Waals surface area contributed by atoms with Crippen LogP contribution in [0.4, 0.5) is 0 Å². The topological polar surface area (TPSA) is 66.6 Å². The number of imidazole rings is 1. The molecule has 2 heterocycles. The Labute approximate surface area is 141 Å². The summed E-state index contributed by atoms with van der Waals surface area (Å²) in [7, 11) is 0. The van der Waals surface area contributed by atoms with Crippen LogP contribution in [-0.2, 0) is 10.5 Å². The lowest BCUT2D eigenvalue weighted by molar-refractivity contribution is -0.119. The standard InChI is InChI=1S/C17H25N3O2S/c1-4-13(3)15(21)7-18-17(22)11-23-10-14-9-20-8-12(2)5-6-16(20)19-14/h5-6,8-9,13,15,21H,4,7,10-11H2,1-3H3,(H,18,22). The molecule has 0 spiro atoms. The maximum absolute atomic E-state index is 11.8. The fourth-order valence-electron chi connectivity index (χ4n) is 2.22. The van der Waals surface area contributed by atoms with E-state index in [1.165, 1.54) is 17.3 Å². The fraction of sp³-hybridized carbons (Fsp3) is 0.529. The number of hydrogen-bond donors (Lipinski definition) is 2. The number of nitrogens with one attached hydrogen (secondary N) is 1. The Morgan fingerprint density at radius 1 is 1.43 bits per heavy atom. The van der Waals surface area contributed by atoms with Gasteiger partial charge in [0.1, 0.15) is 5.65 Å². The Bertz CT molecular complexity index is 656. The monoisotopic (exact) mass is 335 g/mol. The Hall–Kier alpha value is -1.53. The molecule has 0 aliphatic rings. The van der Waals surface area contributed by atoms with Crippen LogP contribution >= 0.6 is 11.8 Å². The first-order chi connectivity index (χ1) is 11.0. The highest BCUT2D eigenvalue weighted by Gasteiger charge is 2.13. The zero-order chi connectivity index (χ0) is 16.8. The summed E-state index contributed by atoms with van der Waals surface area (Å²) in [6.07, 6.45) is 4.47. The van der Waals surface area contributed by atoms with Gasteiger partial charge >= 0.3 is 0 Å². The van der Waals surface area contributed by atoms with Crippen LogP contribution < -0.4 is 5.32 Å². The van der Waals surface area contributed by atoms with Gasteiger partial charge < -0.3 is 14.8 Å². The Morgan fingerprint density at radius 2 is 2.22 bits per heavy atom. The summed E-state index contributed by atoms with van der Waals surface area (Å²) >= 11 is 1.53. The van der Waals surface area contributed by atoms with Gasteiger partial charge in [0.15, 0.2) is 0 Å². The minimum atomic E-state index is -0.476. The number of pyridine rings is 1. The van der Waals surface area contributed by atoms with E-state index < -0.39 is 6.10 Å². The molecule has 1 amide bonds. The molecule has 2 aromatic heterocycles. The summed E-state index contributed by atoms with van der Waals surface area (Å²) < 4.78 is 2.01. The average molecular weight is 335 g/mol. The molecule has 2 rings (SSSR count). The summed E-state index contributed by atoms with van der Waals surface area (Å²) in [5.74, 6) is 1.23. The minimum absolute atomic E-state index is 0.0445. The molecule has 23 heavy (non-hydrogen) atoms. The summed E-state index contributed by atoms with van der Waals surface area (Å²) in [4.78, 5) is 16.3. The van der Waals surface area contributed by atoms with Gasteiger partial charge in [-0.3, -0.25) is 4.79 Å². The molecule has 126 valence electrons. The molecule has 0 aliphatic carbocycles. The van der Waals surface area contributed by atoms with E-state index in [4.69, 9.17) is 0 Å². The van der Waals surface area contributed by atoms with Gasteiger partial charge in [-0.05, 0) is 24.5 Å². The molecule has 0 radical (unpaired) electrons. The summed E-state index contributed by atoms with van der Waals surface area (Å²) in [6.45, 7) is 6.38. The number of amides is 1. The van der Waals surface area contributed by atoms with E-state index in [-0.39, 0.29) is 11.8 Å². The van der Waals surface area contributed by atoms with Crippen LogP contribution in [0.1, 0.15) is 31.5 Å². The van der Waals surface area contributed by atoms with Gasteiger partial charge in [-0.15, -0.1) is 11.8 Å². The van der Waals surface area contributed by atoms with Crippen LogP contribution in [0.15, 0.2) is 24.5 Å². The van der Waals surface area contributed by atoms with Crippen LogP contribution in [0.2, 0.25) is 0 Å². The number of rotatable bonds is 8. The number of aliphatic hydroxyl groups is 1. The van der Waals surface area contributed by atoms with Crippen molar-refractivity contribution in [1.29, 1.82) is 0 Å². The van der Waals surface area contributed by atoms with Crippen LogP contribution in [0.3, 0.4) is 0 Å². The Kier molecular flexibility index (Phi) is 6.47. The zero-order valence-electron chi connectivity index (χ0n) is 14.0. The molecule has 2 N–H and O–H groups in total. The lowest BCUT2D eigenvalue weighted by atomic mass is 10.0. The van der Waals surface area contributed by atoms with Crippen LogP contribution in [0, 0.1) is 12.8 Å². The van der Waals surface area contributed by atoms with Gasteiger partial charge in [0.2, 0.25) is 5.91 Å². The highest BCUT2D eigenvalue weighted by atomic mass is 32.2. The number of aromatic nitrogens is 2. The third kappa shape index (κ3) is 5.25. The van der Waals surface area contributed by atoms with Crippen molar-refractivity contribution in [2.45, 2.75) is 39.0 Å². The first-order valence-electron chi connectivity index (χ1n) is 7.96. The molecule has 0 aromatic carbocycles. The predicted molar refractivity (Wildman–Crippen MR) is 94.6 cm³/mol. The number of hydrogen-bond acceptors (Lipinski definition) is 4. The van der Waals surface area contributed by atoms with E-state index in [1.807, 2.05) is 49.7 Å². The highest BCUT2D eigenvalue weighted by Crippen LogP contribution is 2.13. The summed E-state index contributed by atoms with van der Waals surface area (Å²) in [5.41, 5.74) is 3.08. The van der Waals surface area contributed by atoms with E-state index in [0.29, 0.717) is 18.1 Å². The first-order valence-corrected chi connectivity index (χ1v) is 9.11. The molecule has 0 fully saturated rings. The van der Waals surface area contributed by atoms with Crippen LogP contribution in [0.25, 0.3) is 5.65 Å². The van der Waals surface area contributed by atoms with Crippen LogP contribution in [0.5, 0.6) is 0 Å². The molecule has 0 bridgehead atoms. The van der Waals surface area contributed by atoms with Crippen molar-refractivity contribution in [3.05, 3.63) is 35.8 Å². The number of aryl methyl sites for hydroxylation is 1. The molecule has 2 unspecified atom stereocenters. The third-order valence-corrected chi connectivity index (χ3v) is 4.91. The Morgan fingerprint density at radius 3 is 2.96 bits per heavy atom. The lowest BCUT2D eigenvalue weighted by Crippen LogP contribution is -2.36. The fourth-order valence-corrected chi connectivity index (χ4v) is 2.95. The molecule has 0 saturated carbocycles. The number of thioether (sulfide) groups is 1. The van der Waals surface area contributed by atoms with E-state index in [9.17, 15) is 9.90 Å². The van der Waals surface area contributed by atoms with Crippen molar-refractivity contribution in [2.75, 3.05) is 12.3 Å². The normalized spacial score (nSPS) is 13.9. The molecule has 5 nitrogen and oxygen atoms in total. The van der Waals surface area contributed by atoms with E-state index in [2.05, 4.69) is 10.3 Å². The largest absolute Gasteiger partial charge is 0.391 e. The van der Waals surface area contributed by atoms with Crippen molar-refractivity contribution in [1.82, 2.24) is 14.7 Å². The van der Waals surface area contributed by atoms with Crippen molar-refractivity contribution in [3.63, 3.8) is 0 Å². The quantitative estimate of drug-likeness (QED) is 0.777. The van der Waals surface area contributed by atoms with E-state index >= 15 is 0 Å². The SMILES string of the molecule is CCC(C)C(O)CNC(=O)CSCc1cn2cc(C)ccc2n1. The number of fused-ring (bicyclic) bond motifs is 1. The van der Waals surface area contributed by atoms with E-state index in [0.717, 1.165) is 17.8 Å². The molecule has 0 aliphatic heterocycles. The molecular formula is C17H25N3O2S. The Balaban J connectivity index is 1.74. The number of aliphatic hydroxyl groups excluding tert-OH is 1. The molecule has 2 aromatic rings. The van der Waals surface area contributed by atoms with Gasteiger partial charge in [-0.2, -0.15) is 0 Å². The lowest BCUT2D eigenvalue weighted by Gasteiger charge is -2.17. The van der Waals surface area contributed by atoms with E-state index in [1.54, 1.807) is 0 Å². The number of carbonyl (C=O) groups excluding carboxylic acids is 1. The third-order valence-electron chi connectivity index (χ3n) is 3.94.